The van der Waals surface area contributed by atoms with E-state index in [0.29, 0.717) is 0 Å². The smallest absolute Gasteiger partial charge is 0.251 e. The fourth-order valence-corrected chi connectivity index (χ4v) is 6.19. The summed E-state index contributed by atoms with van der Waals surface area (Å²) in [6.07, 6.45) is 3.96. The molecule has 2 heterocycles. The van der Waals surface area contributed by atoms with Crippen molar-refractivity contribution in [2.75, 3.05) is 14.2 Å². The van der Waals surface area contributed by atoms with Crippen molar-refractivity contribution in [3.05, 3.63) is 95.1 Å². The summed E-state index contributed by atoms with van der Waals surface area (Å²) in [6.45, 7) is 2.15. The number of aromatic nitrogens is 1. The van der Waals surface area contributed by atoms with Crippen molar-refractivity contribution in [2.24, 2.45) is 0 Å². The van der Waals surface area contributed by atoms with Crippen LogP contribution in [0.3, 0.4) is 0 Å². The Morgan fingerprint density at radius 3 is 2.46 bits per heavy atom. The van der Waals surface area contributed by atoms with Gasteiger partial charge in [0.1, 0.15) is 11.5 Å². The number of benzene rings is 3. The number of rotatable bonds is 6. The van der Waals surface area contributed by atoms with Gasteiger partial charge >= 0.3 is 0 Å². The minimum Gasteiger partial charge on any atom is -0.497 e. The van der Waals surface area contributed by atoms with Gasteiger partial charge in [-0.3, -0.25) is 4.79 Å². The van der Waals surface area contributed by atoms with E-state index in [-0.39, 0.29) is 18.0 Å². The first-order valence-corrected chi connectivity index (χ1v) is 13.0. The van der Waals surface area contributed by atoms with Crippen LogP contribution in [-0.4, -0.2) is 30.0 Å². The lowest BCUT2D eigenvalue weighted by atomic mass is 9.85. The molecule has 0 bridgehead atoms. The number of carbonyl (C=O) groups is 1. The second-order valence-corrected chi connectivity index (χ2v) is 9.94. The van der Waals surface area contributed by atoms with Crippen molar-refractivity contribution in [3.63, 3.8) is 0 Å². The van der Waals surface area contributed by atoms with Crippen molar-refractivity contribution in [1.29, 1.82) is 0 Å². The molecule has 1 aliphatic carbocycles. The molecule has 1 amide bonds. The molecule has 3 aromatic carbocycles. The first kappa shape index (κ1) is 23.4. The molecule has 1 N–H and O–H groups in total. The minimum atomic E-state index is -0.153. The number of ether oxygens (including phenoxy) is 2. The molecule has 0 radical (unpaired) electrons. The maximum absolute atomic E-state index is 14.1. The van der Waals surface area contributed by atoms with Crippen molar-refractivity contribution < 1.29 is 14.3 Å². The predicted molar refractivity (Wildman–Crippen MR) is 147 cm³/mol. The van der Waals surface area contributed by atoms with Gasteiger partial charge in [0, 0.05) is 27.6 Å². The third-order valence-electron chi connectivity index (χ3n) is 8.01. The number of nitrogens with zero attached hydrogens (tertiary/aromatic N) is 1. The van der Waals surface area contributed by atoms with Crippen molar-refractivity contribution in [1.82, 2.24) is 9.88 Å². The van der Waals surface area contributed by atoms with Crippen LogP contribution in [0.1, 0.15) is 55.8 Å². The number of methoxy groups -OCH3 is 2. The van der Waals surface area contributed by atoms with Gasteiger partial charge < -0.3 is 19.4 Å². The second-order valence-electron chi connectivity index (χ2n) is 9.94. The van der Waals surface area contributed by atoms with Crippen LogP contribution in [-0.2, 0) is 4.79 Å². The van der Waals surface area contributed by atoms with Crippen molar-refractivity contribution in [2.45, 2.75) is 44.7 Å². The molecule has 1 aliphatic heterocycles. The maximum atomic E-state index is 14.1. The van der Waals surface area contributed by atoms with Crippen LogP contribution in [0.15, 0.2) is 83.9 Å². The molecule has 0 fully saturated rings. The van der Waals surface area contributed by atoms with E-state index in [1.165, 1.54) is 5.57 Å². The van der Waals surface area contributed by atoms with Crippen LogP contribution < -0.4 is 9.47 Å². The number of H-pyrrole nitrogens is 1. The third-order valence-corrected chi connectivity index (χ3v) is 8.01. The van der Waals surface area contributed by atoms with Gasteiger partial charge in [-0.1, -0.05) is 48.5 Å². The normalized spacial score (nSPS) is 18.3. The fraction of sp³-hybridized carbons (Fsp3) is 0.281. The molecule has 0 unspecified atom stereocenters. The van der Waals surface area contributed by atoms with Gasteiger partial charge in [0.05, 0.1) is 32.0 Å². The summed E-state index contributed by atoms with van der Waals surface area (Å²) in [6, 6.07) is 24.4. The van der Waals surface area contributed by atoms with Gasteiger partial charge in [0.2, 0.25) is 0 Å². The summed E-state index contributed by atoms with van der Waals surface area (Å²) in [5.74, 6) is 1.69. The maximum Gasteiger partial charge on any atom is 0.251 e. The molecule has 5 heteroatoms. The molecule has 0 saturated carbocycles. The van der Waals surface area contributed by atoms with Crippen LogP contribution in [0.25, 0.3) is 22.2 Å². The molecular formula is C32H32N2O3. The van der Waals surface area contributed by atoms with Crippen molar-refractivity contribution >= 4 is 16.8 Å². The van der Waals surface area contributed by atoms with E-state index in [1.807, 2.05) is 42.5 Å². The van der Waals surface area contributed by atoms with Gasteiger partial charge in [0.25, 0.3) is 5.91 Å². The van der Waals surface area contributed by atoms with E-state index in [0.717, 1.165) is 76.0 Å². The molecule has 1 aromatic heterocycles. The molecule has 2 atom stereocenters. The lowest BCUT2D eigenvalue weighted by Crippen LogP contribution is -2.33. The van der Waals surface area contributed by atoms with E-state index in [4.69, 9.17) is 9.47 Å². The first-order chi connectivity index (χ1) is 18.1. The zero-order chi connectivity index (χ0) is 25.5. The van der Waals surface area contributed by atoms with E-state index in [9.17, 15) is 4.79 Å². The summed E-state index contributed by atoms with van der Waals surface area (Å²) >= 11 is 0. The third kappa shape index (κ3) is 3.81. The highest BCUT2D eigenvalue weighted by Gasteiger charge is 2.45. The SMILES string of the molecule is COc1ccc(OC)c(-c2[nH]c3ccccc3c2[C@H]2C3=C(CCCC3)C(=O)N2[C@@H](C)c2ccccc2)c1. The van der Waals surface area contributed by atoms with Crippen LogP contribution >= 0.6 is 0 Å². The van der Waals surface area contributed by atoms with E-state index in [1.54, 1.807) is 14.2 Å². The molecule has 4 aromatic rings. The Morgan fingerprint density at radius 1 is 0.919 bits per heavy atom. The Morgan fingerprint density at radius 2 is 1.68 bits per heavy atom. The average molecular weight is 493 g/mol. The number of hydrogen-bond donors (Lipinski definition) is 1. The Hall–Kier alpha value is -3.99. The minimum absolute atomic E-state index is 0.0713. The highest BCUT2D eigenvalue weighted by atomic mass is 16.5. The number of hydrogen-bond acceptors (Lipinski definition) is 3. The van der Waals surface area contributed by atoms with E-state index < -0.39 is 0 Å². The van der Waals surface area contributed by atoms with Gasteiger partial charge in [-0.25, -0.2) is 0 Å². The molecule has 5 nitrogen and oxygen atoms in total. The number of para-hydroxylation sites is 1. The first-order valence-electron chi connectivity index (χ1n) is 13.0. The van der Waals surface area contributed by atoms with Crippen LogP contribution in [0, 0.1) is 0 Å². The predicted octanol–water partition coefficient (Wildman–Crippen LogP) is 7.37. The summed E-state index contributed by atoms with van der Waals surface area (Å²) in [5, 5.41) is 1.13. The number of amides is 1. The summed E-state index contributed by atoms with van der Waals surface area (Å²) < 4.78 is 11.4. The van der Waals surface area contributed by atoms with E-state index >= 15 is 0 Å². The number of nitrogens with one attached hydrogen (secondary N) is 1. The summed E-state index contributed by atoms with van der Waals surface area (Å²) in [7, 11) is 3.37. The number of fused-ring (bicyclic) bond motifs is 1. The molecule has 2 aliphatic rings. The Balaban J connectivity index is 1.62. The zero-order valence-electron chi connectivity index (χ0n) is 21.6. The van der Waals surface area contributed by atoms with Crippen molar-refractivity contribution in [3.8, 4) is 22.8 Å². The molecular weight excluding hydrogens is 460 g/mol. The lowest BCUT2D eigenvalue weighted by Gasteiger charge is -2.34. The summed E-state index contributed by atoms with van der Waals surface area (Å²) in [4.78, 5) is 19.9. The molecule has 188 valence electrons. The van der Waals surface area contributed by atoms with Gasteiger partial charge in [-0.2, -0.15) is 0 Å². The van der Waals surface area contributed by atoms with E-state index in [2.05, 4.69) is 47.1 Å². The second kappa shape index (κ2) is 9.47. The summed E-state index contributed by atoms with van der Waals surface area (Å²) in [5.41, 5.74) is 7.49. The molecule has 0 spiro atoms. The fourth-order valence-electron chi connectivity index (χ4n) is 6.19. The Bertz CT molecular complexity index is 1500. The lowest BCUT2D eigenvalue weighted by molar-refractivity contribution is -0.129. The quantitative estimate of drug-likeness (QED) is 0.306. The monoisotopic (exact) mass is 492 g/mol. The zero-order valence-corrected chi connectivity index (χ0v) is 21.6. The Kier molecular flexibility index (Phi) is 5.99. The number of carbonyl (C=O) groups excluding carboxylic acids is 1. The van der Waals surface area contributed by atoms with Crippen LogP contribution in [0.2, 0.25) is 0 Å². The van der Waals surface area contributed by atoms with Gasteiger partial charge in [-0.05, 0) is 68.0 Å². The van der Waals surface area contributed by atoms with Crippen LogP contribution in [0.4, 0.5) is 0 Å². The average Bonchev–Trinajstić information content (AvgIpc) is 3.47. The molecule has 6 rings (SSSR count). The number of aromatic amines is 1. The van der Waals surface area contributed by atoms with Gasteiger partial charge in [-0.15, -0.1) is 0 Å². The Labute approximate surface area is 217 Å². The van der Waals surface area contributed by atoms with Gasteiger partial charge in [0.15, 0.2) is 0 Å². The standard InChI is InChI=1S/C32H32N2O3/c1-20(21-11-5-4-6-12-21)34-31(23-13-7-8-14-24(23)32(34)35)29-25-15-9-10-16-27(25)33-30(29)26-19-22(36-2)17-18-28(26)37-3/h4-6,9-12,15-20,31,33H,7-8,13-14H2,1-3H3/t20-,31+/m0/s1. The van der Waals surface area contributed by atoms with Crippen LogP contribution in [0.5, 0.6) is 11.5 Å². The molecule has 37 heavy (non-hydrogen) atoms. The highest BCUT2D eigenvalue weighted by Crippen LogP contribution is 2.52. The largest absolute Gasteiger partial charge is 0.497 e. The topological polar surface area (TPSA) is 54.6 Å². The molecule has 0 saturated heterocycles. The highest BCUT2D eigenvalue weighted by molar-refractivity contribution is 6.01.